The number of ether oxygens (including phenoxy) is 2. The van der Waals surface area contributed by atoms with Gasteiger partial charge in [-0.25, -0.2) is 0 Å². The highest BCUT2D eigenvalue weighted by molar-refractivity contribution is 5.01. The number of allylic oxidation sites excluding steroid dienone is 4. The molecule has 0 N–H and O–H groups in total. The van der Waals surface area contributed by atoms with Gasteiger partial charge in [0.1, 0.15) is 12.4 Å². The number of hydrogen-bond donors (Lipinski definition) is 0. The van der Waals surface area contributed by atoms with Crippen molar-refractivity contribution in [2.45, 2.75) is 26.4 Å². The summed E-state index contributed by atoms with van der Waals surface area (Å²) in [5.41, 5.74) is 0. The fourth-order valence-corrected chi connectivity index (χ4v) is 1.01. The van der Waals surface area contributed by atoms with E-state index in [4.69, 9.17) is 9.47 Å². The van der Waals surface area contributed by atoms with Crippen LogP contribution in [0.25, 0.3) is 0 Å². The Morgan fingerprint density at radius 3 is 2.69 bits per heavy atom. The number of rotatable bonds is 9. The van der Waals surface area contributed by atoms with Crippen molar-refractivity contribution in [1.82, 2.24) is 0 Å². The molecule has 0 heterocycles. The molecule has 0 bridgehead atoms. The summed E-state index contributed by atoms with van der Waals surface area (Å²) in [5, 5.41) is 0. The lowest BCUT2D eigenvalue weighted by Gasteiger charge is -2.09. The maximum absolute atomic E-state index is 5.51. The van der Waals surface area contributed by atoms with Crippen LogP contribution in [0.3, 0.4) is 0 Å². The lowest BCUT2D eigenvalue weighted by atomic mass is 10.3. The van der Waals surface area contributed by atoms with E-state index in [1.807, 2.05) is 26.0 Å². The van der Waals surface area contributed by atoms with Crippen LogP contribution < -0.4 is 0 Å². The minimum Gasteiger partial charge on any atom is -0.492 e. The van der Waals surface area contributed by atoms with Crippen molar-refractivity contribution < 1.29 is 9.47 Å². The van der Waals surface area contributed by atoms with Gasteiger partial charge in [0.15, 0.2) is 0 Å². The molecule has 16 heavy (non-hydrogen) atoms. The van der Waals surface area contributed by atoms with Crippen molar-refractivity contribution in [2.75, 3.05) is 13.2 Å². The van der Waals surface area contributed by atoms with Crippen LogP contribution in [0, 0.1) is 0 Å². The molecule has 0 rings (SSSR count). The van der Waals surface area contributed by atoms with Crippen molar-refractivity contribution in [3.63, 3.8) is 0 Å². The van der Waals surface area contributed by atoms with E-state index in [2.05, 4.69) is 25.3 Å². The monoisotopic (exact) mass is 222 g/mol. The van der Waals surface area contributed by atoms with E-state index >= 15 is 0 Å². The standard InChI is InChI=1S/C14H22O2/c1-5-7-8-9-10-14(4)16-12-11-15-13(3)6-2/h5-7,9-10,14H,2-3,8,11-12H2,1,4H3/b7-5?,10-9-. The first-order chi connectivity index (χ1) is 7.70. The molecule has 2 nitrogen and oxygen atoms in total. The minimum absolute atomic E-state index is 0.117. The van der Waals surface area contributed by atoms with Crippen LogP contribution >= 0.6 is 0 Å². The Bertz CT molecular complexity index is 251. The van der Waals surface area contributed by atoms with Crippen LogP contribution in [0.2, 0.25) is 0 Å². The van der Waals surface area contributed by atoms with E-state index < -0.39 is 0 Å². The molecule has 0 aromatic heterocycles. The average Bonchev–Trinajstić information content (AvgIpc) is 2.30. The van der Waals surface area contributed by atoms with Crippen molar-refractivity contribution in [3.8, 4) is 0 Å². The quantitative estimate of drug-likeness (QED) is 0.257. The van der Waals surface area contributed by atoms with Crippen molar-refractivity contribution >= 4 is 0 Å². The predicted octanol–water partition coefficient (Wildman–Crippen LogP) is 3.63. The summed E-state index contributed by atoms with van der Waals surface area (Å²) < 4.78 is 10.7. The first-order valence-electron chi connectivity index (χ1n) is 5.54. The summed E-state index contributed by atoms with van der Waals surface area (Å²) in [7, 11) is 0. The molecule has 0 aliphatic heterocycles. The Morgan fingerprint density at radius 1 is 1.31 bits per heavy atom. The van der Waals surface area contributed by atoms with Gasteiger partial charge in [-0.2, -0.15) is 0 Å². The van der Waals surface area contributed by atoms with Gasteiger partial charge in [0.05, 0.1) is 12.7 Å². The molecule has 0 saturated carbocycles. The summed E-state index contributed by atoms with van der Waals surface area (Å²) in [6.45, 7) is 12.3. The van der Waals surface area contributed by atoms with E-state index in [9.17, 15) is 0 Å². The highest BCUT2D eigenvalue weighted by atomic mass is 16.5. The summed E-state index contributed by atoms with van der Waals surface area (Å²) in [6, 6.07) is 0. The molecular weight excluding hydrogens is 200 g/mol. The highest BCUT2D eigenvalue weighted by Gasteiger charge is 1.96. The molecule has 90 valence electrons. The molecule has 0 amide bonds. The molecule has 0 spiro atoms. The highest BCUT2D eigenvalue weighted by Crippen LogP contribution is 1.97. The van der Waals surface area contributed by atoms with Crippen LogP contribution in [0.1, 0.15) is 20.3 Å². The van der Waals surface area contributed by atoms with E-state index in [-0.39, 0.29) is 6.10 Å². The Hall–Kier alpha value is -1.28. The fourth-order valence-electron chi connectivity index (χ4n) is 1.01. The number of hydrogen-bond acceptors (Lipinski definition) is 2. The van der Waals surface area contributed by atoms with Crippen molar-refractivity contribution in [2.24, 2.45) is 0 Å². The van der Waals surface area contributed by atoms with Gasteiger partial charge in [-0.05, 0) is 26.3 Å². The van der Waals surface area contributed by atoms with Gasteiger partial charge in [0.2, 0.25) is 0 Å². The summed E-state index contributed by atoms with van der Waals surface area (Å²) >= 11 is 0. The molecule has 0 fully saturated rings. The third-order valence-corrected chi connectivity index (χ3v) is 1.89. The third kappa shape index (κ3) is 9.28. The van der Waals surface area contributed by atoms with Gasteiger partial charge >= 0.3 is 0 Å². The van der Waals surface area contributed by atoms with E-state index in [1.165, 1.54) is 0 Å². The Morgan fingerprint density at radius 2 is 2.06 bits per heavy atom. The first kappa shape index (κ1) is 14.7. The molecule has 0 aliphatic rings. The molecule has 1 unspecified atom stereocenters. The predicted molar refractivity (Wildman–Crippen MR) is 69.3 cm³/mol. The summed E-state index contributed by atoms with van der Waals surface area (Å²) in [5.74, 6) is 0.583. The average molecular weight is 222 g/mol. The zero-order chi connectivity index (χ0) is 12.2. The molecule has 0 saturated heterocycles. The molecule has 0 aromatic carbocycles. The van der Waals surface area contributed by atoms with Gasteiger partial charge in [-0.1, -0.05) is 37.5 Å². The van der Waals surface area contributed by atoms with E-state index in [1.54, 1.807) is 6.08 Å². The SMILES string of the molecule is C=CC(=C)OCCOC(C)/C=C\CC=CC. The topological polar surface area (TPSA) is 18.5 Å². The van der Waals surface area contributed by atoms with Gasteiger partial charge in [-0.15, -0.1) is 0 Å². The lowest BCUT2D eigenvalue weighted by molar-refractivity contribution is 0.0541. The van der Waals surface area contributed by atoms with Gasteiger partial charge in [0.25, 0.3) is 0 Å². The molecule has 0 aliphatic carbocycles. The first-order valence-corrected chi connectivity index (χ1v) is 5.54. The van der Waals surface area contributed by atoms with Crippen LogP contribution in [-0.2, 0) is 9.47 Å². The lowest BCUT2D eigenvalue weighted by Crippen LogP contribution is -2.10. The van der Waals surface area contributed by atoms with Gasteiger partial charge in [-0.3, -0.25) is 0 Å². The Kier molecular flexibility index (Phi) is 9.43. The second-order valence-electron chi connectivity index (χ2n) is 3.33. The van der Waals surface area contributed by atoms with Gasteiger partial charge in [0, 0.05) is 0 Å². The van der Waals surface area contributed by atoms with Crippen LogP contribution in [0.15, 0.2) is 49.3 Å². The van der Waals surface area contributed by atoms with Crippen LogP contribution in [0.5, 0.6) is 0 Å². The van der Waals surface area contributed by atoms with E-state index in [0.717, 1.165) is 6.42 Å². The Balaban J connectivity index is 3.50. The second kappa shape index (κ2) is 10.2. The Labute approximate surface area is 99.0 Å². The minimum atomic E-state index is 0.117. The largest absolute Gasteiger partial charge is 0.492 e. The molecular formula is C14H22O2. The fraction of sp³-hybridized carbons (Fsp3) is 0.429. The maximum atomic E-state index is 5.51. The summed E-state index contributed by atoms with van der Waals surface area (Å²) in [6.07, 6.45) is 10.9. The smallest absolute Gasteiger partial charge is 0.112 e. The normalized spacial score (nSPS) is 13.1. The van der Waals surface area contributed by atoms with Crippen molar-refractivity contribution in [1.29, 1.82) is 0 Å². The third-order valence-electron chi connectivity index (χ3n) is 1.89. The molecule has 1 atom stereocenters. The second-order valence-corrected chi connectivity index (χ2v) is 3.33. The van der Waals surface area contributed by atoms with Crippen LogP contribution in [-0.4, -0.2) is 19.3 Å². The van der Waals surface area contributed by atoms with Crippen molar-refractivity contribution in [3.05, 3.63) is 49.3 Å². The zero-order valence-electron chi connectivity index (χ0n) is 10.3. The van der Waals surface area contributed by atoms with E-state index in [0.29, 0.717) is 19.0 Å². The summed E-state index contributed by atoms with van der Waals surface area (Å²) in [4.78, 5) is 0. The molecule has 0 aromatic rings. The molecule has 0 radical (unpaired) electrons. The maximum Gasteiger partial charge on any atom is 0.112 e. The molecule has 2 heteroatoms. The van der Waals surface area contributed by atoms with Gasteiger partial charge < -0.3 is 9.47 Å². The zero-order valence-corrected chi connectivity index (χ0v) is 10.3. The van der Waals surface area contributed by atoms with Crippen LogP contribution in [0.4, 0.5) is 0 Å².